The fraction of sp³-hybridized carbons (Fsp3) is 0.250. The first kappa shape index (κ1) is 8.80. The molecule has 0 radical (unpaired) electrons. The Morgan fingerprint density at radius 3 is 2.92 bits per heavy atom. The van der Waals surface area contributed by atoms with Gasteiger partial charge in [0.15, 0.2) is 0 Å². The van der Waals surface area contributed by atoms with Crippen molar-refractivity contribution in [2.24, 2.45) is 0 Å². The van der Waals surface area contributed by atoms with E-state index in [1.54, 1.807) is 11.3 Å². The Balaban J connectivity index is 2.29. The summed E-state index contributed by atoms with van der Waals surface area (Å²) in [5.74, 6) is 0. The molecule has 0 saturated heterocycles. The van der Waals surface area contributed by atoms with Gasteiger partial charge in [0.1, 0.15) is 0 Å². The van der Waals surface area contributed by atoms with Gasteiger partial charge in [0.05, 0.1) is 17.1 Å². The normalized spacial score (nSPS) is 13.0. The lowest BCUT2D eigenvalue weighted by Gasteiger charge is -2.10. The predicted octanol–water partition coefficient (Wildman–Crippen LogP) is 1.91. The summed E-state index contributed by atoms with van der Waals surface area (Å²) in [5, 5.41) is 9.16. The molecule has 2 rings (SSSR count). The molecular weight excluding hydrogens is 202 g/mol. The number of rotatable bonds is 3. The van der Waals surface area contributed by atoms with Gasteiger partial charge >= 0.3 is 0 Å². The minimum absolute atomic E-state index is 0.250. The van der Waals surface area contributed by atoms with Gasteiger partial charge in [0.25, 0.3) is 0 Å². The van der Waals surface area contributed by atoms with E-state index in [2.05, 4.69) is 32.4 Å². The molecule has 0 aliphatic heterocycles. The molecule has 2 aromatic heterocycles. The van der Waals surface area contributed by atoms with Gasteiger partial charge in [-0.15, -0.1) is 16.4 Å². The van der Waals surface area contributed by atoms with Crippen LogP contribution in [0.1, 0.15) is 15.8 Å². The average Bonchev–Trinajstić information content (AvgIpc) is 2.76. The van der Waals surface area contributed by atoms with Crippen LogP contribution in [-0.2, 0) is 0 Å². The molecule has 0 amide bonds. The van der Waals surface area contributed by atoms with Gasteiger partial charge in [-0.2, -0.15) is 0 Å². The molecule has 1 atom stereocenters. The highest BCUT2D eigenvalue weighted by Crippen LogP contribution is 2.26. The van der Waals surface area contributed by atoms with Crippen molar-refractivity contribution in [2.45, 2.75) is 6.04 Å². The molecule has 0 aliphatic carbocycles. The van der Waals surface area contributed by atoms with Crippen molar-refractivity contribution in [1.29, 1.82) is 0 Å². The lowest BCUT2D eigenvalue weighted by Crippen LogP contribution is -2.14. The lowest BCUT2D eigenvalue weighted by atomic mass is 10.2. The van der Waals surface area contributed by atoms with Crippen molar-refractivity contribution in [3.05, 3.63) is 33.5 Å². The number of hydrogen-bond donors (Lipinski definition) is 1. The lowest BCUT2D eigenvalue weighted by molar-refractivity contribution is 0.714. The van der Waals surface area contributed by atoms with Gasteiger partial charge in [0.2, 0.25) is 0 Å². The topological polar surface area (TPSA) is 37.8 Å². The van der Waals surface area contributed by atoms with E-state index in [0.29, 0.717) is 0 Å². The van der Waals surface area contributed by atoms with Crippen LogP contribution in [0.2, 0.25) is 0 Å². The van der Waals surface area contributed by atoms with Crippen LogP contribution in [0.25, 0.3) is 0 Å². The number of aromatic nitrogens is 2. The Bertz CT molecular complexity index is 307. The van der Waals surface area contributed by atoms with E-state index in [9.17, 15) is 0 Å². The van der Waals surface area contributed by atoms with Crippen LogP contribution in [-0.4, -0.2) is 16.6 Å². The monoisotopic (exact) mass is 211 g/mol. The number of nitrogens with zero attached hydrogens (tertiary/aromatic N) is 2. The standard InChI is InChI=1S/C8H9N3S2/c1-9-8(6-3-2-4-12-6)7-5-10-11-13-7/h2-5,8-9H,1H3. The molecule has 68 valence electrons. The first-order valence-electron chi connectivity index (χ1n) is 3.89. The highest BCUT2D eigenvalue weighted by atomic mass is 32.1. The maximum Gasteiger partial charge on any atom is 0.0794 e. The largest absolute Gasteiger partial charge is 0.308 e. The summed E-state index contributed by atoms with van der Waals surface area (Å²) in [6.07, 6.45) is 1.81. The smallest absolute Gasteiger partial charge is 0.0794 e. The Labute approximate surface area is 84.6 Å². The third kappa shape index (κ3) is 1.77. The summed E-state index contributed by atoms with van der Waals surface area (Å²) in [7, 11) is 1.95. The Kier molecular flexibility index (Phi) is 2.68. The maximum atomic E-state index is 3.86. The minimum atomic E-state index is 0.250. The zero-order valence-electron chi connectivity index (χ0n) is 7.10. The SMILES string of the molecule is CNC(c1cccs1)c1cnns1. The van der Waals surface area contributed by atoms with Crippen molar-refractivity contribution in [2.75, 3.05) is 7.05 Å². The molecule has 0 bridgehead atoms. The zero-order chi connectivity index (χ0) is 9.10. The van der Waals surface area contributed by atoms with Crippen molar-refractivity contribution < 1.29 is 0 Å². The zero-order valence-corrected chi connectivity index (χ0v) is 8.73. The molecule has 1 unspecified atom stereocenters. The molecule has 0 spiro atoms. The second kappa shape index (κ2) is 3.95. The fourth-order valence-corrected chi connectivity index (χ4v) is 2.74. The molecule has 2 aromatic rings. The molecule has 0 aliphatic rings. The van der Waals surface area contributed by atoms with Crippen LogP contribution in [0, 0.1) is 0 Å². The van der Waals surface area contributed by atoms with E-state index in [1.807, 2.05) is 13.2 Å². The van der Waals surface area contributed by atoms with E-state index in [0.717, 1.165) is 4.88 Å². The summed E-state index contributed by atoms with van der Waals surface area (Å²) in [4.78, 5) is 2.46. The van der Waals surface area contributed by atoms with Gasteiger partial charge in [-0.05, 0) is 30.0 Å². The van der Waals surface area contributed by atoms with E-state index >= 15 is 0 Å². The third-order valence-corrected chi connectivity index (χ3v) is 3.44. The van der Waals surface area contributed by atoms with Crippen LogP contribution in [0.4, 0.5) is 0 Å². The molecule has 5 heteroatoms. The molecule has 1 N–H and O–H groups in total. The Morgan fingerprint density at radius 1 is 1.46 bits per heavy atom. The second-order valence-electron chi connectivity index (χ2n) is 2.56. The van der Waals surface area contributed by atoms with Crippen molar-refractivity contribution in [1.82, 2.24) is 14.9 Å². The average molecular weight is 211 g/mol. The summed E-state index contributed by atoms with van der Waals surface area (Å²) >= 11 is 3.18. The minimum Gasteiger partial charge on any atom is -0.308 e. The summed E-state index contributed by atoms with van der Waals surface area (Å²) in [6, 6.07) is 4.42. The van der Waals surface area contributed by atoms with E-state index < -0.39 is 0 Å². The summed E-state index contributed by atoms with van der Waals surface area (Å²) < 4.78 is 3.86. The third-order valence-electron chi connectivity index (χ3n) is 1.78. The fourth-order valence-electron chi connectivity index (χ4n) is 1.18. The van der Waals surface area contributed by atoms with Gasteiger partial charge < -0.3 is 5.32 Å². The molecule has 0 aromatic carbocycles. The van der Waals surface area contributed by atoms with E-state index in [-0.39, 0.29) is 6.04 Å². The van der Waals surface area contributed by atoms with Gasteiger partial charge in [-0.3, -0.25) is 0 Å². The van der Waals surface area contributed by atoms with E-state index in [1.165, 1.54) is 16.4 Å². The number of thiophene rings is 1. The first-order valence-corrected chi connectivity index (χ1v) is 5.55. The Morgan fingerprint density at radius 2 is 2.38 bits per heavy atom. The van der Waals surface area contributed by atoms with Crippen LogP contribution < -0.4 is 5.32 Å². The van der Waals surface area contributed by atoms with Crippen LogP contribution in [0.3, 0.4) is 0 Å². The van der Waals surface area contributed by atoms with Crippen molar-refractivity contribution >= 4 is 22.9 Å². The second-order valence-corrected chi connectivity index (χ2v) is 4.35. The van der Waals surface area contributed by atoms with Gasteiger partial charge in [-0.25, -0.2) is 0 Å². The molecule has 0 fully saturated rings. The van der Waals surface area contributed by atoms with Gasteiger partial charge in [0, 0.05) is 4.88 Å². The van der Waals surface area contributed by atoms with Crippen molar-refractivity contribution in [3.63, 3.8) is 0 Å². The molecule has 0 saturated carbocycles. The summed E-state index contributed by atoms with van der Waals surface area (Å²) in [6.45, 7) is 0. The molecule has 2 heterocycles. The molecule has 3 nitrogen and oxygen atoms in total. The maximum absolute atomic E-state index is 3.86. The molecular formula is C8H9N3S2. The summed E-state index contributed by atoms with van der Waals surface area (Å²) in [5.41, 5.74) is 0. The number of hydrogen-bond acceptors (Lipinski definition) is 5. The highest BCUT2D eigenvalue weighted by Gasteiger charge is 2.14. The van der Waals surface area contributed by atoms with Crippen LogP contribution in [0.5, 0.6) is 0 Å². The number of nitrogens with one attached hydrogen (secondary N) is 1. The van der Waals surface area contributed by atoms with Crippen LogP contribution in [0.15, 0.2) is 23.7 Å². The van der Waals surface area contributed by atoms with Gasteiger partial charge in [-0.1, -0.05) is 10.6 Å². The van der Waals surface area contributed by atoms with E-state index in [4.69, 9.17) is 0 Å². The Hall–Kier alpha value is -0.780. The first-order chi connectivity index (χ1) is 6.42. The van der Waals surface area contributed by atoms with Crippen LogP contribution >= 0.6 is 22.9 Å². The highest BCUT2D eigenvalue weighted by molar-refractivity contribution is 7.10. The molecule has 13 heavy (non-hydrogen) atoms. The predicted molar refractivity (Wildman–Crippen MR) is 55.1 cm³/mol. The van der Waals surface area contributed by atoms with Crippen molar-refractivity contribution in [3.8, 4) is 0 Å². The quantitative estimate of drug-likeness (QED) is 0.842.